The minimum Gasteiger partial charge on any atom is -0.481 e. The number of carboxylic acid groups (broad SMARTS) is 1. The molecular weight excluding hydrogens is 260 g/mol. The summed E-state index contributed by atoms with van der Waals surface area (Å²) in [7, 11) is 0. The Hall–Kier alpha value is -2.37. The number of benzene rings is 1. The second kappa shape index (κ2) is 6.70. The van der Waals surface area contributed by atoms with Crippen molar-refractivity contribution in [2.45, 2.75) is 20.3 Å². The van der Waals surface area contributed by atoms with E-state index in [1.54, 1.807) is 31.2 Å². The molecule has 0 aliphatic rings. The van der Waals surface area contributed by atoms with Crippen molar-refractivity contribution in [2.75, 3.05) is 5.32 Å². The molecule has 2 amide bonds. The molecule has 1 aromatic carbocycles. The number of primary amides is 1. The molecule has 0 heterocycles. The fourth-order valence-corrected chi connectivity index (χ4v) is 1.60. The first-order valence-corrected chi connectivity index (χ1v) is 6.22. The van der Waals surface area contributed by atoms with Crippen molar-refractivity contribution in [2.24, 2.45) is 17.6 Å². The quantitative estimate of drug-likeness (QED) is 0.721. The van der Waals surface area contributed by atoms with Crippen molar-refractivity contribution in [3.05, 3.63) is 29.8 Å². The SMILES string of the molecule is CC(C(=O)O)C(C)C(=O)Nc1ccc(CC(N)=O)cc1. The molecule has 1 rings (SSSR count). The number of carboxylic acids is 1. The second-order valence-corrected chi connectivity index (χ2v) is 4.74. The highest BCUT2D eigenvalue weighted by Gasteiger charge is 2.25. The third kappa shape index (κ3) is 4.38. The Balaban J connectivity index is 2.66. The Morgan fingerprint density at radius 2 is 1.70 bits per heavy atom. The fraction of sp³-hybridized carbons (Fsp3) is 0.357. The molecule has 0 aromatic heterocycles. The average Bonchev–Trinajstić information content (AvgIpc) is 2.38. The highest BCUT2D eigenvalue weighted by molar-refractivity contribution is 5.94. The minimum absolute atomic E-state index is 0.140. The van der Waals surface area contributed by atoms with Gasteiger partial charge in [0, 0.05) is 11.6 Å². The zero-order valence-electron chi connectivity index (χ0n) is 11.4. The summed E-state index contributed by atoms with van der Waals surface area (Å²) >= 11 is 0. The smallest absolute Gasteiger partial charge is 0.307 e. The molecule has 0 bridgehead atoms. The molecule has 2 atom stereocenters. The molecule has 0 aliphatic heterocycles. The summed E-state index contributed by atoms with van der Waals surface area (Å²) in [5.74, 6) is -3.19. The second-order valence-electron chi connectivity index (χ2n) is 4.74. The van der Waals surface area contributed by atoms with E-state index in [-0.39, 0.29) is 12.3 Å². The number of nitrogens with one attached hydrogen (secondary N) is 1. The number of amides is 2. The van der Waals surface area contributed by atoms with Gasteiger partial charge in [-0.15, -0.1) is 0 Å². The van der Waals surface area contributed by atoms with Gasteiger partial charge < -0.3 is 16.2 Å². The summed E-state index contributed by atoms with van der Waals surface area (Å²) in [4.78, 5) is 33.5. The number of carbonyl (C=O) groups excluding carboxylic acids is 2. The van der Waals surface area contributed by atoms with Crippen LogP contribution in [0.5, 0.6) is 0 Å². The van der Waals surface area contributed by atoms with Crippen LogP contribution in [0.1, 0.15) is 19.4 Å². The number of hydrogen-bond acceptors (Lipinski definition) is 3. The van der Waals surface area contributed by atoms with Crippen LogP contribution in [0.3, 0.4) is 0 Å². The first-order valence-electron chi connectivity index (χ1n) is 6.22. The van der Waals surface area contributed by atoms with Crippen LogP contribution in [-0.4, -0.2) is 22.9 Å². The number of anilines is 1. The van der Waals surface area contributed by atoms with Gasteiger partial charge in [0.25, 0.3) is 0 Å². The Labute approximate surface area is 117 Å². The maximum Gasteiger partial charge on any atom is 0.307 e. The molecule has 6 heteroatoms. The molecule has 108 valence electrons. The Morgan fingerprint density at radius 3 is 2.15 bits per heavy atom. The first kappa shape index (κ1) is 15.7. The van der Waals surface area contributed by atoms with Crippen molar-refractivity contribution in [1.82, 2.24) is 0 Å². The van der Waals surface area contributed by atoms with Gasteiger partial charge in [0.15, 0.2) is 0 Å². The lowest BCUT2D eigenvalue weighted by Crippen LogP contribution is -2.29. The summed E-state index contributed by atoms with van der Waals surface area (Å²) in [5, 5.41) is 11.5. The first-order chi connectivity index (χ1) is 9.31. The van der Waals surface area contributed by atoms with Crippen molar-refractivity contribution >= 4 is 23.5 Å². The topological polar surface area (TPSA) is 109 Å². The van der Waals surface area contributed by atoms with Crippen molar-refractivity contribution < 1.29 is 19.5 Å². The predicted molar refractivity (Wildman–Crippen MR) is 73.9 cm³/mol. The summed E-state index contributed by atoms with van der Waals surface area (Å²) < 4.78 is 0. The average molecular weight is 278 g/mol. The standard InChI is InChI=1S/C14H18N2O4/c1-8(9(2)14(19)20)13(18)16-11-5-3-10(4-6-11)7-12(15)17/h3-6,8-9H,7H2,1-2H3,(H2,15,17)(H,16,18)(H,19,20). The molecule has 0 spiro atoms. The monoisotopic (exact) mass is 278 g/mol. The Bertz CT molecular complexity index is 510. The molecule has 0 saturated heterocycles. The van der Waals surface area contributed by atoms with E-state index in [0.29, 0.717) is 5.69 Å². The van der Waals surface area contributed by atoms with Gasteiger partial charge in [-0.25, -0.2) is 0 Å². The molecule has 4 N–H and O–H groups in total. The van der Waals surface area contributed by atoms with E-state index in [0.717, 1.165) is 5.56 Å². The highest BCUT2D eigenvalue weighted by Crippen LogP contribution is 2.16. The maximum atomic E-state index is 11.9. The molecule has 20 heavy (non-hydrogen) atoms. The molecule has 6 nitrogen and oxygen atoms in total. The summed E-state index contributed by atoms with van der Waals surface area (Å²) in [6.45, 7) is 3.05. The van der Waals surface area contributed by atoms with Crippen LogP contribution in [0.2, 0.25) is 0 Å². The van der Waals surface area contributed by atoms with Crippen molar-refractivity contribution in [1.29, 1.82) is 0 Å². The third-order valence-corrected chi connectivity index (χ3v) is 3.15. The van der Waals surface area contributed by atoms with Gasteiger partial charge in [-0.2, -0.15) is 0 Å². The van der Waals surface area contributed by atoms with Crippen LogP contribution in [0.4, 0.5) is 5.69 Å². The molecule has 1 aromatic rings. The largest absolute Gasteiger partial charge is 0.481 e. The van der Waals surface area contributed by atoms with Crippen LogP contribution in [0, 0.1) is 11.8 Å². The highest BCUT2D eigenvalue weighted by atomic mass is 16.4. The van der Waals surface area contributed by atoms with Crippen LogP contribution in [-0.2, 0) is 20.8 Å². The van der Waals surface area contributed by atoms with E-state index in [1.807, 2.05) is 0 Å². The van der Waals surface area contributed by atoms with Crippen LogP contribution in [0.25, 0.3) is 0 Å². The number of nitrogens with two attached hydrogens (primary N) is 1. The predicted octanol–water partition coefficient (Wildman–Crippen LogP) is 1.01. The number of hydrogen-bond donors (Lipinski definition) is 3. The zero-order valence-corrected chi connectivity index (χ0v) is 11.4. The lowest BCUT2D eigenvalue weighted by atomic mass is 9.95. The third-order valence-electron chi connectivity index (χ3n) is 3.15. The molecule has 0 fully saturated rings. The summed E-state index contributed by atoms with van der Waals surface area (Å²) in [6.07, 6.45) is 0.140. The van der Waals surface area contributed by atoms with Crippen LogP contribution in [0.15, 0.2) is 24.3 Å². The fourth-order valence-electron chi connectivity index (χ4n) is 1.60. The van der Waals surface area contributed by atoms with Gasteiger partial charge in [0.2, 0.25) is 11.8 Å². The van der Waals surface area contributed by atoms with Gasteiger partial charge in [-0.1, -0.05) is 26.0 Å². The van der Waals surface area contributed by atoms with Gasteiger partial charge in [0.1, 0.15) is 0 Å². The van der Waals surface area contributed by atoms with Gasteiger partial charge in [-0.05, 0) is 17.7 Å². The summed E-state index contributed by atoms with van der Waals surface area (Å²) in [5.41, 5.74) is 6.38. The van der Waals surface area contributed by atoms with E-state index in [4.69, 9.17) is 10.8 Å². The lowest BCUT2D eigenvalue weighted by Gasteiger charge is -2.15. The number of aliphatic carboxylic acids is 1. The normalized spacial score (nSPS) is 13.3. The van der Waals surface area contributed by atoms with E-state index >= 15 is 0 Å². The molecule has 2 unspecified atom stereocenters. The van der Waals surface area contributed by atoms with E-state index in [9.17, 15) is 14.4 Å². The lowest BCUT2D eigenvalue weighted by molar-refractivity contribution is -0.145. The van der Waals surface area contributed by atoms with E-state index in [1.165, 1.54) is 6.92 Å². The number of carbonyl (C=O) groups is 3. The van der Waals surface area contributed by atoms with Gasteiger partial charge in [0.05, 0.1) is 12.3 Å². The molecule has 0 radical (unpaired) electrons. The van der Waals surface area contributed by atoms with E-state index < -0.39 is 23.7 Å². The number of rotatable bonds is 6. The van der Waals surface area contributed by atoms with Gasteiger partial charge in [-0.3, -0.25) is 14.4 Å². The summed E-state index contributed by atoms with van der Waals surface area (Å²) in [6, 6.07) is 6.67. The minimum atomic E-state index is -1.01. The van der Waals surface area contributed by atoms with E-state index in [2.05, 4.69) is 5.32 Å². The maximum absolute atomic E-state index is 11.9. The van der Waals surface area contributed by atoms with Crippen LogP contribution < -0.4 is 11.1 Å². The van der Waals surface area contributed by atoms with Crippen molar-refractivity contribution in [3.63, 3.8) is 0 Å². The molecule has 0 saturated carbocycles. The Kier molecular flexibility index (Phi) is 5.25. The zero-order chi connectivity index (χ0) is 15.3. The van der Waals surface area contributed by atoms with Crippen molar-refractivity contribution in [3.8, 4) is 0 Å². The molecule has 0 aliphatic carbocycles. The van der Waals surface area contributed by atoms with Crippen LogP contribution >= 0.6 is 0 Å². The molecular formula is C14H18N2O4. The Morgan fingerprint density at radius 1 is 1.15 bits per heavy atom. The van der Waals surface area contributed by atoms with Gasteiger partial charge >= 0.3 is 5.97 Å².